The van der Waals surface area contributed by atoms with Gasteiger partial charge in [-0.25, -0.2) is 0 Å². The predicted octanol–water partition coefficient (Wildman–Crippen LogP) is 1.06. The molecule has 0 radical (unpaired) electrons. The average molecular weight is 240 g/mol. The molecule has 0 bridgehead atoms. The number of rotatable bonds is 2. The topological polar surface area (TPSA) is 50.4 Å². The predicted molar refractivity (Wildman–Crippen MR) is 66.8 cm³/mol. The number of hydrogen-bond donors (Lipinski definition) is 2. The molecule has 0 aliphatic carbocycles. The Morgan fingerprint density at radius 2 is 2.24 bits per heavy atom. The van der Waals surface area contributed by atoms with Crippen LogP contribution in [0.2, 0.25) is 0 Å². The van der Waals surface area contributed by atoms with E-state index in [0.717, 1.165) is 32.4 Å². The molecule has 0 spiro atoms. The molecular weight excluding hydrogens is 216 g/mol. The molecule has 0 saturated carbocycles. The van der Waals surface area contributed by atoms with Gasteiger partial charge in [-0.3, -0.25) is 4.79 Å². The summed E-state index contributed by atoms with van der Waals surface area (Å²) >= 11 is 0. The van der Waals surface area contributed by atoms with E-state index in [-0.39, 0.29) is 29.5 Å². The Kier molecular flexibility index (Phi) is 3.73. The third-order valence-corrected chi connectivity index (χ3v) is 4.39. The average Bonchev–Trinajstić information content (AvgIpc) is 2.59. The lowest BCUT2D eigenvalue weighted by molar-refractivity contribution is -0.129. The fourth-order valence-corrected chi connectivity index (χ4v) is 2.78. The summed E-state index contributed by atoms with van der Waals surface area (Å²) in [6, 6.07) is 0.282. The van der Waals surface area contributed by atoms with Crippen LogP contribution in [0.1, 0.15) is 40.0 Å². The highest BCUT2D eigenvalue weighted by atomic mass is 16.5. The summed E-state index contributed by atoms with van der Waals surface area (Å²) in [4.78, 5) is 12.3. The zero-order valence-electron chi connectivity index (χ0n) is 11.1. The second-order valence-corrected chi connectivity index (χ2v) is 5.66. The van der Waals surface area contributed by atoms with Crippen molar-refractivity contribution in [2.24, 2.45) is 5.92 Å². The molecule has 1 amide bonds. The summed E-state index contributed by atoms with van der Waals surface area (Å²) in [7, 11) is 0. The summed E-state index contributed by atoms with van der Waals surface area (Å²) in [5, 5.41) is 6.57. The number of nitrogens with one attached hydrogen (secondary N) is 2. The maximum Gasteiger partial charge on any atom is 0.225 e. The van der Waals surface area contributed by atoms with Gasteiger partial charge in [0.15, 0.2) is 0 Å². The van der Waals surface area contributed by atoms with Crippen molar-refractivity contribution in [3.63, 3.8) is 0 Å². The fourth-order valence-electron chi connectivity index (χ4n) is 2.78. The highest BCUT2D eigenvalue weighted by molar-refractivity contribution is 5.80. The molecule has 2 heterocycles. The van der Waals surface area contributed by atoms with Crippen LogP contribution in [-0.2, 0) is 9.53 Å². The lowest BCUT2D eigenvalue weighted by Crippen LogP contribution is -2.55. The number of hydrogen-bond acceptors (Lipinski definition) is 3. The monoisotopic (exact) mass is 240 g/mol. The minimum Gasteiger partial charge on any atom is -0.376 e. The number of ether oxygens (including phenoxy) is 1. The van der Waals surface area contributed by atoms with Gasteiger partial charge < -0.3 is 15.4 Å². The van der Waals surface area contributed by atoms with Crippen molar-refractivity contribution in [3.8, 4) is 0 Å². The zero-order valence-corrected chi connectivity index (χ0v) is 11.1. The molecule has 98 valence electrons. The number of carbonyl (C=O) groups is 1. The van der Waals surface area contributed by atoms with Crippen LogP contribution in [0.4, 0.5) is 0 Å². The largest absolute Gasteiger partial charge is 0.376 e. The lowest BCUT2D eigenvalue weighted by Gasteiger charge is -2.34. The number of amides is 1. The third kappa shape index (κ3) is 2.63. The van der Waals surface area contributed by atoms with Crippen LogP contribution >= 0.6 is 0 Å². The minimum atomic E-state index is -0.186. The molecule has 2 N–H and O–H groups in total. The van der Waals surface area contributed by atoms with Crippen molar-refractivity contribution < 1.29 is 9.53 Å². The Labute approximate surface area is 103 Å². The molecule has 2 aliphatic rings. The number of piperidine rings is 1. The SMILES string of the molecule is CC1NCCCC1C(=O)NC1(C)CCOC1C. The van der Waals surface area contributed by atoms with E-state index < -0.39 is 0 Å². The van der Waals surface area contributed by atoms with E-state index in [2.05, 4.69) is 24.5 Å². The Balaban J connectivity index is 1.96. The van der Waals surface area contributed by atoms with E-state index in [1.165, 1.54) is 0 Å². The van der Waals surface area contributed by atoms with Gasteiger partial charge >= 0.3 is 0 Å². The highest BCUT2D eigenvalue weighted by Gasteiger charge is 2.40. The molecule has 0 aromatic carbocycles. The first-order chi connectivity index (χ1) is 8.03. The van der Waals surface area contributed by atoms with Gasteiger partial charge in [0, 0.05) is 12.6 Å². The second kappa shape index (κ2) is 4.94. The Morgan fingerprint density at radius 1 is 1.47 bits per heavy atom. The molecule has 2 aliphatic heterocycles. The quantitative estimate of drug-likeness (QED) is 0.759. The van der Waals surface area contributed by atoms with Gasteiger partial charge in [0.05, 0.1) is 17.6 Å². The molecule has 4 unspecified atom stereocenters. The Hall–Kier alpha value is -0.610. The van der Waals surface area contributed by atoms with Gasteiger partial charge in [-0.2, -0.15) is 0 Å². The van der Waals surface area contributed by atoms with Crippen molar-refractivity contribution in [1.82, 2.24) is 10.6 Å². The van der Waals surface area contributed by atoms with E-state index in [1.807, 2.05) is 6.92 Å². The molecule has 0 aromatic heterocycles. The highest BCUT2D eigenvalue weighted by Crippen LogP contribution is 2.26. The van der Waals surface area contributed by atoms with E-state index in [1.54, 1.807) is 0 Å². The minimum absolute atomic E-state index is 0.105. The van der Waals surface area contributed by atoms with Gasteiger partial charge in [-0.1, -0.05) is 0 Å². The summed E-state index contributed by atoms with van der Waals surface area (Å²) < 4.78 is 5.55. The Morgan fingerprint density at radius 3 is 2.82 bits per heavy atom. The molecular formula is C13H24N2O2. The van der Waals surface area contributed by atoms with Crippen molar-refractivity contribution in [3.05, 3.63) is 0 Å². The molecule has 0 aromatic rings. The molecule has 4 atom stereocenters. The second-order valence-electron chi connectivity index (χ2n) is 5.66. The van der Waals surface area contributed by atoms with E-state index >= 15 is 0 Å². The fraction of sp³-hybridized carbons (Fsp3) is 0.923. The van der Waals surface area contributed by atoms with E-state index in [9.17, 15) is 4.79 Å². The third-order valence-electron chi connectivity index (χ3n) is 4.39. The van der Waals surface area contributed by atoms with Crippen LogP contribution < -0.4 is 10.6 Å². The van der Waals surface area contributed by atoms with E-state index in [0.29, 0.717) is 0 Å². The van der Waals surface area contributed by atoms with Crippen molar-refractivity contribution in [2.45, 2.75) is 57.7 Å². The summed E-state index contributed by atoms with van der Waals surface area (Å²) in [5.41, 5.74) is -0.186. The van der Waals surface area contributed by atoms with Crippen LogP contribution in [0, 0.1) is 5.92 Å². The van der Waals surface area contributed by atoms with Crippen molar-refractivity contribution in [2.75, 3.05) is 13.2 Å². The molecule has 2 saturated heterocycles. The Bertz CT molecular complexity index is 295. The van der Waals surface area contributed by atoms with Crippen molar-refractivity contribution >= 4 is 5.91 Å². The van der Waals surface area contributed by atoms with Crippen LogP contribution in [0.15, 0.2) is 0 Å². The molecule has 4 heteroatoms. The van der Waals surface area contributed by atoms with Gasteiger partial charge in [-0.05, 0) is 46.6 Å². The maximum absolute atomic E-state index is 12.3. The first-order valence-electron chi connectivity index (χ1n) is 6.70. The van der Waals surface area contributed by atoms with Gasteiger partial charge in [0.25, 0.3) is 0 Å². The maximum atomic E-state index is 12.3. The first-order valence-corrected chi connectivity index (χ1v) is 6.70. The summed E-state index contributed by atoms with van der Waals surface area (Å²) in [6.45, 7) is 8.00. The molecule has 2 rings (SSSR count). The standard InChI is InChI=1S/C13H24N2O2/c1-9-11(5-4-7-14-9)12(16)15-13(3)6-8-17-10(13)2/h9-11,14H,4-8H2,1-3H3,(H,15,16). The normalized spacial score (nSPS) is 42.4. The summed E-state index contributed by atoms with van der Waals surface area (Å²) in [5.74, 6) is 0.290. The van der Waals surface area contributed by atoms with Gasteiger partial charge in [-0.15, -0.1) is 0 Å². The van der Waals surface area contributed by atoms with Crippen LogP contribution in [0.5, 0.6) is 0 Å². The van der Waals surface area contributed by atoms with Gasteiger partial charge in [0.1, 0.15) is 0 Å². The van der Waals surface area contributed by atoms with Crippen LogP contribution in [0.25, 0.3) is 0 Å². The van der Waals surface area contributed by atoms with Crippen LogP contribution in [0.3, 0.4) is 0 Å². The summed E-state index contributed by atoms with van der Waals surface area (Å²) in [6.07, 6.45) is 3.10. The van der Waals surface area contributed by atoms with Gasteiger partial charge in [0.2, 0.25) is 5.91 Å². The van der Waals surface area contributed by atoms with Crippen LogP contribution in [-0.4, -0.2) is 36.7 Å². The molecule has 17 heavy (non-hydrogen) atoms. The molecule has 4 nitrogen and oxygen atoms in total. The lowest BCUT2D eigenvalue weighted by atomic mass is 9.88. The zero-order chi connectivity index (χ0) is 12.5. The molecule has 2 fully saturated rings. The van der Waals surface area contributed by atoms with E-state index in [4.69, 9.17) is 4.74 Å². The van der Waals surface area contributed by atoms with Crippen molar-refractivity contribution in [1.29, 1.82) is 0 Å². The number of carbonyl (C=O) groups excluding carboxylic acids is 1. The smallest absolute Gasteiger partial charge is 0.225 e. The first kappa shape index (κ1) is 12.8.